The third-order valence-electron chi connectivity index (χ3n) is 3.72. The summed E-state index contributed by atoms with van der Waals surface area (Å²) in [5.74, 6) is -0.162. The largest absolute Gasteiger partial charge is 0.469 e. The van der Waals surface area contributed by atoms with Crippen molar-refractivity contribution in [3.05, 3.63) is 0 Å². The van der Waals surface area contributed by atoms with E-state index in [0.717, 1.165) is 0 Å². The maximum Gasteiger partial charge on any atom is 0.308 e. The fraction of sp³-hybridized carbons (Fsp3) is 0.857. The molecule has 0 aromatic heterocycles. The van der Waals surface area contributed by atoms with Crippen LogP contribution in [0.15, 0.2) is 0 Å². The van der Waals surface area contributed by atoms with Gasteiger partial charge in [-0.05, 0) is 33.2 Å². The number of rotatable bonds is 6. The van der Waals surface area contributed by atoms with Gasteiger partial charge in [0.05, 0.1) is 25.7 Å². The summed E-state index contributed by atoms with van der Waals surface area (Å²) >= 11 is 0. The molecule has 0 aliphatic carbocycles. The Bertz CT molecular complexity index is 325. The lowest BCUT2D eigenvalue weighted by Gasteiger charge is -2.32. The minimum absolute atomic E-state index is 0.0722. The number of carbonyl (C=O) groups is 2. The van der Waals surface area contributed by atoms with Crippen LogP contribution in [-0.2, 0) is 14.3 Å². The number of aliphatic hydroxyl groups excluding tert-OH is 1. The summed E-state index contributed by atoms with van der Waals surface area (Å²) in [4.78, 5) is 27.2. The van der Waals surface area contributed by atoms with E-state index >= 15 is 0 Å². The minimum Gasteiger partial charge on any atom is -0.469 e. The summed E-state index contributed by atoms with van der Waals surface area (Å²) < 4.78 is 4.73. The first-order chi connectivity index (χ1) is 9.43. The Labute approximate surface area is 120 Å². The molecule has 1 amide bonds. The SMILES string of the molecule is COC(=O)C1CCN(C(=O)CN(C)CCC(C)O)CC1. The van der Waals surface area contributed by atoms with Crippen molar-refractivity contribution in [2.75, 3.05) is 40.3 Å². The molecule has 0 saturated carbocycles. The van der Waals surface area contributed by atoms with Crippen LogP contribution in [0.4, 0.5) is 0 Å². The van der Waals surface area contributed by atoms with E-state index in [0.29, 0.717) is 45.4 Å². The standard InChI is InChI=1S/C14H26N2O4/c1-11(17)4-7-15(2)10-13(18)16-8-5-12(6-9-16)14(19)20-3/h11-12,17H,4-10H2,1-3H3. The smallest absolute Gasteiger partial charge is 0.308 e. The molecule has 20 heavy (non-hydrogen) atoms. The van der Waals surface area contributed by atoms with Gasteiger partial charge in [0.2, 0.25) is 5.91 Å². The number of aliphatic hydroxyl groups is 1. The van der Waals surface area contributed by atoms with Crippen molar-refractivity contribution in [3.8, 4) is 0 Å². The van der Waals surface area contributed by atoms with Crippen LogP contribution in [0.25, 0.3) is 0 Å². The summed E-state index contributed by atoms with van der Waals surface area (Å²) in [7, 11) is 3.28. The van der Waals surface area contributed by atoms with Crippen LogP contribution < -0.4 is 0 Å². The highest BCUT2D eigenvalue weighted by Crippen LogP contribution is 2.18. The molecule has 1 unspecified atom stereocenters. The summed E-state index contributed by atoms with van der Waals surface area (Å²) in [6.45, 7) is 4.02. The number of carbonyl (C=O) groups excluding carboxylic acids is 2. The number of piperidine rings is 1. The van der Waals surface area contributed by atoms with E-state index in [4.69, 9.17) is 4.74 Å². The number of hydrogen-bond acceptors (Lipinski definition) is 5. The van der Waals surface area contributed by atoms with Crippen molar-refractivity contribution in [2.24, 2.45) is 5.92 Å². The predicted molar refractivity (Wildman–Crippen MR) is 75.1 cm³/mol. The molecule has 0 spiro atoms. The number of likely N-dealkylation sites (N-methyl/N-ethyl adjacent to an activating group) is 1. The van der Waals surface area contributed by atoms with Gasteiger partial charge in [0.1, 0.15) is 0 Å². The van der Waals surface area contributed by atoms with Crippen LogP contribution in [0.5, 0.6) is 0 Å². The molecule has 116 valence electrons. The molecular weight excluding hydrogens is 260 g/mol. The lowest BCUT2D eigenvalue weighted by Crippen LogP contribution is -2.44. The number of amides is 1. The highest BCUT2D eigenvalue weighted by atomic mass is 16.5. The summed E-state index contributed by atoms with van der Waals surface area (Å²) in [5.41, 5.74) is 0. The van der Waals surface area contributed by atoms with Crippen molar-refractivity contribution in [3.63, 3.8) is 0 Å². The lowest BCUT2D eigenvalue weighted by molar-refractivity contribution is -0.149. The quantitative estimate of drug-likeness (QED) is 0.701. The van der Waals surface area contributed by atoms with E-state index in [2.05, 4.69) is 0 Å². The molecule has 6 nitrogen and oxygen atoms in total. The maximum absolute atomic E-state index is 12.1. The summed E-state index contributed by atoms with van der Waals surface area (Å²) in [5, 5.41) is 9.22. The monoisotopic (exact) mass is 286 g/mol. The zero-order valence-corrected chi connectivity index (χ0v) is 12.7. The van der Waals surface area contributed by atoms with E-state index < -0.39 is 0 Å². The molecule has 6 heteroatoms. The number of ether oxygens (including phenoxy) is 1. The van der Waals surface area contributed by atoms with Crippen molar-refractivity contribution < 1.29 is 19.4 Å². The number of hydrogen-bond donors (Lipinski definition) is 1. The molecule has 1 N–H and O–H groups in total. The molecule has 1 heterocycles. The normalized spacial score (nSPS) is 18.1. The molecule has 1 saturated heterocycles. The van der Waals surface area contributed by atoms with Gasteiger partial charge in [-0.1, -0.05) is 0 Å². The second-order valence-corrected chi connectivity index (χ2v) is 5.55. The van der Waals surface area contributed by atoms with Gasteiger partial charge in [-0.3, -0.25) is 14.5 Å². The summed E-state index contributed by atoms with van der Waals surface area (Å²) in [6.07, 6.45) is 1.67. The van der Waals surface area contributed by atoms with Crippen LogP contribution in [0, 0.1) is 5.92 Å². The molecule has 1 atom stereocenters. The van der Waals surface area contributed by atoms with Gasteiger partial charge in [0.15, 0.2) is 0 Å². The fourth-order valence-corrected chi connectivity index (χ4v) is 2.35. The number of esters is 1. The molecule has 0 radical (unpaired) electrons. The summed E-state index contributed by atoms with van der Waals surface area (Å²) in [6, 6.07) is 0. The Hall–Kier alpha value is -1.14. The molecule has 0 aromatic carbocycles. The Morgan fingerprint density at radius 1 is 1.40 bits per heavy atom. The molecular formula is C14H26N2O4. The van der Waals surface area contributed by atoms with Gasteiger partial charge in [0.25, 0.3) is 0 Å². The van der Waals surface area contributed by atoms with Crippen molar-refractivity contribution in [1.29, 1.82) is 0 Å². The molecule has 0 bridgehead atoms. The predicted octanol–water partition coefficient (Wildman–Crippen LogP) is 0.101. The number of nitrogens with zero attached hydrogens (tertiary/aromatic N) is 2. The van der Waals surface area contributed by atoms with E-state index in [-0.39, 0.29) is 23.9 Å². The average molecular weight is 286 g/mol. The van der Waals surface area contributed by atoms with Gasteiger partial charge in [-0.2, -0.15) is 0 Å². The average Bonchev–Trinajstić information content (AvgIpc) is 2.44. The van der Waals surface area contributed by atoms with Gasteiger partial charge < -0.3 is 14.7 Å². The van der Waals surface area contributed by atoms with Crippen molar-refractivity contribution in [1.82, 2.24) is 9.80 Å². The Morgan fingerprint density at radius 3 is 2.50 bits per heavy atom. The van der Waals surface area contributed by atoms with Crippen LogP contribution in [-0.4, -0.2) is 73.2 Å². The van der Waals surface area contributed by atoms with Crippen LogP contribution in [0.1, 0.15) is 26.2 Å². The number of methoxy groups -OCH3 is 1. The van der Waals surface area contributed by atoms with Gasteiger partial charge in [-0.15, -0.1) is 0 Å². The molecule has 1 aliphatic rings. The lowest BCUT2D eigenvalue weighted by atomic mass is 9.97. The number of likely N-dealkylation sites (tertiary alicyclic amines) is 1. The second-order valence-electron chi connectivity index (χ2n) is 5.55. The van der Waals surface area contributed by atoms with E-state index in [1.165, 1.54) is 7.11 Å². The van der Waals surface area contributed by atoms with Crippen LogP contribution >= 0.6 is 0 Å². The van der Waals surface area contributed by atoms with E-state index in [1.807, 2.05) is 11.9 Å². The molecule has 1 fully saturated rings. The molecule has 1 aliphatic heterocycles. The van der Waals surface area contributed by atoms with Gasteiger partial charge >= 0.3 is 5.97 Å². The second kappa shape index (κ2) is 8.21. The third kappa shape index (κ3) is 5.46. The highest BCUT2D eigenvalue weighted by Gasteiger charge is 2.28. The highest BCUT2D eigenvalue weighted by molar-refractivity contribution is 5.79. The zero-order valence-electron chi connectivity index (χ0n) is 12.7. The van der Waals surface area contributed by atoms with Gasteiger partial charge in [0, 0.05) is 19.6 Å². The van der Waals surface area contributed by atoms with Crippen LogP contribution in [0.2, 0.25) is 0 Å². The third-order valence-corrected chi connectivity index (χ3v) is 3.72. The Kier molecular flexibility index (Phi) is 6.95. The molecule has 0 aromatic rings. The van der Waals surface area contributed by atoms with Crippen molar-refractivity contribution in [2.45, 2.75) is 32.3 Å². The first kappa shape index (κ1) is 16.9. The molecule has 1 rings (SSSR count). The first-order valence-corrected chi connectivity index (χ1v) is 7.16. The van der Waals surface area contributed by atoms with E-state index in [9.17, 15) is 14.7 Å². The van der Waals surface area contributed by atoms with E-state index in [1.54, 1.807) is 11.8 Å². The zero-order chi connectivity index (χ0) is 15.1. The maximum atomic E-state index is 12.1. The topological polar surface area (TPSA) is 70.1 Å². The first-order valence-electron chi connectivity index (χ1n) is 7.16. The Morgan fingerprint density at radius 2 is 2.00 bits per heavy atom. The Balaban J connectivity index is 2.30. The van der Waals surface area contributed by atoms with Crippen LogP contribution in [0.3, 0.4) is 0 Å². The fourth-order valence-electron chi connectivity index (χ4n) is 2.35. The van der Waals surface area contributed by atoms with Crippen molar-refractivity contribution >= 4 is 11.9 Å². The van der Waals surface area contributed by atoms with Gasteiger partial charge in [-0.25, -0.2) is 0 Å². The minimum atomic E-state index is -0.344.